The molecule has 0 aromatic heterocycles. The molecule has 2 rings (SSSR count). The van der Waals surface area contributed by atoms with Gasteiger partial charge in [0.2, 0.25) is 0 Å². The van der Waals surface area contributed by atoms with Crippen molar-refractivity contribution in [1.29, 1.82) is 0 Å². The summed E-state index contributed by atoms with van der Waals surface area (Å²) in [6, 6.07) is 10.0. The number of hydrogen-bond acceptors (Lipinski definition) is 5. The fourth-order valence-electron chi connectivity index (χ4n) is 1.86. The molecule has 7 heteroatoms. The summed E-state index contributed by atoms with van der Waals surface area (Å²) in [5.74, 6) is -0.464. The fraction of sp³-hybridized carbons (Fsp3) is 0.125. The van der Waals surface area contributed by atoms with Gasteiger partial charge in [-0.1, -0.05) is 0 Å². The number of phenols is 2. The second kappa shape index (κ2) is 7.82. The molecule has 0 atom stereocenters. The van der Waals surface area contributed by atoms with Crippen molar-refractivity contribution in [1.82, 2.24) is 5.43 Å². The van der Waals surface area contributed by atoms with Gasteiger partial charge in [0.25, 0.3) is 5.91 Å². The molecular formula is C16H16IN3O3. The van der Waals surface area contributed by atoms with Gasteiger partial charge in [0.15, 0.2) is 0 Å². The lowest BCUT2D eigenvalue weighted by Crippen LogP contribution is -2.26. The fourth-order valence-corrected chi connectivity index (χ4v) is 2.50. The summed E-state index contributed by atoms with van der Waals surface area (Å²) in [5, 5.41) is 25.6. The molecule has 120 valence electrons. The van der Waals surface area contributed by atoms with Gasteiger partial charge in [-0.3, -0.25) is 4.79 Å². The highest BCUT2D eigenvalue weighted by atomic mass is 127. The van der Waals surface area contributed by atoms with E-state index in [1.807, 2.05) is 25.1 Å². The monoisotopic (exact) mass is 425 g/mol. The summed E-state index contributed by atoms with van der Waals surface area (Å²) in [4.78, 5) is 11.7. The number of aryl methyl sites for hydroxylation is 1. The van der Waals surface area contributed by atoms with Gasteiger partial charge in [0, 0.05) is 20.9 Å². The number of hydrogen-bond donors (Lipinski definition) is 4. The lowest BCUT2D eigenvalue weighted by Gasteiger charge is -2.08. The van der Waals surface area contributed by atoms with Gasteiger partial charge in [-0.25, -0.2) is 5.43 Å². The van der Waals surface area contributed by atoms with Gasteiger partial charge in [-0.05, 0) is 65.4 Å². The number of carbonyl (C=O) groups is 1. The summed E-state index contributed by atoms with van der Waals surface area (Å²) in [6.45, 7) is 2.05. The Balaban J connectivity index is 1.86. The van der Waals surface area contributed by atoms with E-state index in [0.717, 1.165) is 14.8 Å². The number of rotatable bonds is 5. The summed E-state index contributed by atoms with van der Waals surface area (Å²) in [5.41, 5.74) is 4.71. The number of halogens is 1. The Labute approximate surface area is 147 Å². The molecule has 0 heterocycles. The topological polar surface area (TPSA) is 94.0 Å². The highest BCUT2D eigenvalue weighted by molar-refractivity contribution is 14.1. The first kappa shape index (κ1) is 17.1. The third-order valence-corrected chi connectivity index (χ3v) is 3.71. The average Bonchev–Trinajstić information content (AvgIpc) is 2.48. The van der Waals surface area contributed by atoms with Crippen LogP contribution in [0.5, 0.6) is 11.5 Å². The maximum absolute atomic E-state index is 11.7. The Bertz CT molecular complexity index is 747. The molecule has 0 saturated carbocycles. The smallest absolute Gasteiger partial charge is 0.259 e. The van der Waals surface area contributed by atoms with Crippen LogP contribution in [0.1, 0.15) is 11.1 Å². The van der Waals surface area contributed by atoms with Crippen LogP contribution in [-0.2, 0) is 4.79 Å². The van der Waals surface area contributed by atoms with Crippen LogP contribution in [0.15, 0.2) is 41.5 Å². The van der Waals surface area contributed by atoms with Crippen molar-refractivity contribution < 1.29 is 15.0 Å². The van der Waals surface area contributed by atoms with E-state index in [9.17, 15) is 15.0 Å². The number of aromatic hydroxyl groups is 2. The normalized spacial score (nSPS) is 10.7. The molecule has 0 fully saturated rings. The van der Waals surface area contributed by atoms with Crippen molar-refractivity contribution in [2.45, 2.75) is 6.92 Å². The number of nitrogens with zero attached hydrogens (tertiary/aromatic N) is 1. The first-order valence-corrected chi connectivity index (χ1v) is 7.87. The molecule has 2 aromatic rings. The highest BCUT2D eigenvalue weighted by Crippen LogP contribution is 2.20. The lowest BCUT2D eigenvalue weighted by atomic mass is 10.2. The molecular weight excluding hydrogens is 409 g/mol. The number of carbonyl (C=O) groups excluding carboxylic acids is 1. The van der Waals surface area contributed by atoms with E-state index in [0.29, 0.717) is 5.56 Å². The minimum absolute atomic E-state index is 0.0409. The summed E-state index contributed by atoms with van der Waals surface area (Å²) in [7, 11) is 0. The molecule has 23 heavy (non-hydrogen) atoms. The quantitative estimate of drug-likeness (QED) is 0.337. The van der Waals surface area contributed by atoms with E-state index in [4.69, 9.17) is 0 Å². The van der Waals surface area contributed by atoms with Crippen LogP contribution in [-0.4, -0.2) is 28.9 Å². The molecule has 0 unspecified atom stereocenters. The maximum atomic E-state index is 11.7. The van der Waals surface area contributed by atoms with Crippen molar-refractivity contribution in [2.24, 2.45) is 5.10 Å². The molecule has 0 aliphatic carbocycles. The summed E-state index contributed by atoms with van der Waals surface area (Å²) in [6.07, 6.45) is 1.31. The van der Waals surface area contributed by atoms with Crippen LogP contribution in [0.3, 0.4) is 0 Å². The SMILES string of the molecule is Cc1cc(I)ccc1NCC(=O)N/N=C\c1ccc(O)cc1O. The van der Waals surface area contributed by atoms with Gasteiger partial charge >= 0.3 is 0 Å². The molecule has 1 amide bonds. The standard InChI is InChI=1S/C16H16IN3O3/c1-10-6-12(17)3-5-14(10)18-9-16(23)20-19-8-11-2-4-13(21)7-15(11)22/h2-8,18,21-22H,9H2,1H3,(H,20,23)/b19-8-. The van der Waals surface area contributed by atoms with E-state index in [1.54, 1.807) is 0 Å². The van der Waals surface area contributed by atoms with Gasteiger partial charge in [-0.2, -0.15) is 5.10 Å². The number of anilines is 1. The van der Waals surface area contributed by atoms with Crippen LogP contribution in [0, 0.1) is 10.5 Å². The van der Waals surface area contributed by atoms with Crippen LogP contribution >= 0.6 is 22.6 Å². The van der Waals surface area contributed by atoms with Crippen LogP contribution in [0.25, 0.3) is 0 Å². The minimum Gasteiger partial charge on any atom is -0.508 e. The summed E-state index contributed by atoms with van der Waals surface area (Å²) < 4.78 is 1.13. The molecule has 6 nitrogen and oxygen atoms in total. The van der Waals surface area contributed by atoms with E-state index >= 15 is 0 Å². The Morgan fingerprint density at radius 2 is 2.04 bits per heavy atom. The molecule has 0 radical (unpaired) electrons. The number of benzene rings is 2. The zero-order valence-electron chi connectivity index (χ0n) is 12.4. The predicted molar refractivity (Wildman–Crippen MR) is 97.9 cm³/mol. The Morgan fingerprint density at radius 1 is 1.26 bits per heavy atom. The third kappa shape index (κ3) is 5.13. The van der Waals surface area contributed by atoms with E-state index in [2.05, 4.69) is 38.4 Å². The maximum Gasteiger partial charge on any atom is 0.259 e. The lowest BCUT2D eigenvalue weighted by molar-refractivity contribution is -0.119. The second-order valence-corrected chi connectivity index (χ2v) is 6.09. The van der Waals surface area contributed by atoms with Gasteiger partial charge in [-0.15, -0.1) is 0 Å². The molecule has 4 N–H and O–H groups in total. The second-order valence-electron chi connectivity index (χ2n) is 4.85. The third-order valence-electron chi connectivity index (χ3n) is 3.03. The van der Waals surface area contributed by atoms with Crippen molar-refractivity contribution >= 4 is 40.4 Å². The van der Waals surface area contributed by atoms with Crippen LogP contribution in [0.4, 0.5) is 5.69 Å². The molecule has 0 bridgehead atoms. The largest absolute Gasteiger partial charge is 0.508 e. The first-order valence-electron chi connectivity index (χ1n) is 6.79. The predicted octanol–water partition coefficient (Wildman–Crippen LogP) is 2.57. The van der Waals surface area contributed by atoms with Crippen LogP contribution < -0.4 is 10.7 Å². The van der Waals surface area contributed by atoms with Crippen molar-refractivity contribution in [3.63, 3.8) is 0 Å². The van der Waals surface area contributed by atoms with Gasteiger partial charge < -0.3 is 15.5 Å². The first-order chi connectivity index (χ1) is 11.0. The molecule has 0 aliphatic rings. The molecule has 0 aliphatic heterocycles. The number of nitrogens with one attached hydrogen (secondary N) is 2. The van der Waals surface area contributed by atoms with Crippen molar-refractivity contribution in [3.05, 3.63) is 51.1 Å². The number of hydrazone groups is 1. The minimum atomic E-state index is -0.308. The van der Waals surface area contributed by atoms with Gasteiger partial charge in [0.05, 0.1) is 12.8 Å². The van der Waals surface area contributed by atoms with Crippen molar-refractivity contribution in [3.8, 4) is 11.5 Å². The Kier molecular flexibility index (Phi) is 5.80. The van der Waals surface area contributed by atoms with E-state index in [1.165, 1.54) is 24.4 Å². The van der Waals surface area contributed by atoms with E-state index in [-0.39, 0.29) is 24.0 Å². The Hall–Kier alpha value is -2.29. The van der Waals surface area contributed by atoms with Crippen molar-refractivity contribution in [2.75, 3.05) is 11.9 Å². The summed E-state index contributed by atoms with van der Waals surface area (Å²) >= 11 is 2.23. The number of phenolic OH excluding ortho intramolecular Hbond substituents is 2. The van der Waals surface area contributed by atoms with Crippen LogP contribution in [0.2, 0.25) is 0 Å². The van der Waals surface area contributed by atoms with Gasteiger partial charge in [0.1, 0.15) is 11.5 Å². The molecule has 2 aromatic carbocycles. The molecule has 0 spiro atoms. The zero-order chi connectivity index (χ0) is 16.8. The number of amides is 1. The Morgan fingerprint density at radius 3 is 2.74 bits per heavy atom. The zero-order valence-corrected chi connectivity index (χ0v) is 14.5. The van der Waals surface area contributed by atoms with E-state index < -0.39 is 0 Å². The average molecular weight is 425 g/mol. The molecule has 0 saturated heterocycles. The highest BCUT2D eigenvalue weighted by Gasteiger charge is 2.03.